The van der Waals surface area contributed by atoms with Gasteiger partial charge in [0.25, 0.3) is 5.56 Å². The van der Waals surface area contributed by atoms with Crippen molar-refractivity contribution in [3.8, 4) is 5.75 Å². The molecule has 2 atom stereocenters. The Labute approximate surface area is 259 Å². The Morgan fingerprint density at radius 3 is 2.60 bits per heavy atom. The molecule has 2 saturated heterocycles. The van der Waals surface area contributed by atoms with E-state index in [9.17, 15) is 9.59 Å². The first-order valence-corrected chi connectivity index (χ1v) is 16.2. The van der Waals surface area contributed by atoms with Crippen molar-refractivity contribution in [2.75, 3.05) is 51.8 Å². The Balaban J connectivity index is 1.07. The number of nitrogens with zero attached hydrogens (tertiary/aromatic N) is 4. The fourth-order valence-corrected chi connectivity index (χ4v) is 6.66. The summed E-state index contributed by atoms with van der Waals surface area (Å²) in [4.78, 5) is 34.3. The van der Waals surface area contributed by atoms with Gasteiger partial charge in [-0.15, -0.1) is 11.3 Å². The predicted octanol–water partition coefficient (Wildman–Crippen LogP) is 5.21. The minimum Gasteiger partial charge on any atom is -0.491 e. The molecule has 3 aromatic rings. The second kappa shape index (κ2) is 13.3. The van der Waals surface area contributed by atoms with Gasteiger partial charge in [-0.05, 0) is 86.6 Å². The number of likely N-dealkylation sites (N-methyl/N-ethyl adjacent to an activating group) is 1. The van der Waals surface area contributed by atoms with Gasteiger partial charge in [-0.25, -0.2) is 9.78 Å². The van der Waals surface area contributed by atoms with Gasteiger partial charge in [0.05, 0.1) is 12.7 Å². The molecule has 12 heteroatoms. The Morgan fingerprint density at radius 1 is 1.14 bits per heavy atom. The van der Waals surface area contributed by atoms with Crippen LogP contribution < -0.4 is 15.6 Å². The molecule has 5 rings (SSSR count). The van der Waals surface area contributed by atoms with Gasteiger partial charge >= 0.3 is 6.09 Å². The Morgan fingerprint density at radius 2 is 1.88 bits per heavy atom. The van der Waals surface area contributed by atoms with E-state index in [1.165, 1.54) is 16.9 Å². The number of amides is 1. The second-order valence-electron chi connectivity index (χ2n) is 12.1. The highest BCUT2D eigenvalue weighted by atomic mass is 79.9. The van der Waals surface area contributed by atoms with E-state index in [0.717, 1.165) is 38.1 Å². The summed E-state index contributed by atoms with van der Waals surface area (Å²) >= 11 is 4.90. The summed E-state index contributed by atoms with van der Waals surface area (Å²) in [5.74, 6) is 1.76. The molecule has 2 aromatic heterocycles. The molecule has 0 spiro atoms. The highest BCUT2D eigenvalue weighted by Crippen LogP contribution is 2.30. The van der Waals surface area contributed by atoms with Crippen LogP contribution in [0.15, 0.2) is 45.1 Å². The lowest BCUT2D eigenvalue weighted by atomic mass is 9.88. The Hall–Kier alpha value is -2.67. The maximum Gasteiger partial charge on any atom is 0.410 e. The number of benzene rings is 1. The van der Waals surface area contributed by atoms with Crippen LogP contribution in [0.5, 0.6) is 5.75 Å². The molecule has 0 bridgehead atoms. The van der Waals surface area contributed by atoms with Crippen molar-refractivity contribution in [1.82, 2.24) is 19.2 Å². The lowest BCUT2D eigenvalue weighted by molar-refractivity contribution is -0.0177. The minimum atomic E-state index is -0.481. The topological polar surface area (TPSA) is 97.6 Å². The van der Waals surface area contributed by atoms with Gasteiger partial charge in [-0.3, -0.25) is 9.20 Å². The lowest BCUT2D eigenvalue weighted by Crippen LogP contribution is -2.43. The van der Waals surface area contributed by atoms with Gasteiger partial charge in [-0.1, -0.05) is 12.1 Å². The smallest absolute Gasteiger partial charge is 0.410 e. The third-order valence-electron chi connectivity index (χ3n) is 7.54. The van der Waals surface area contributed by atoms with E-state index < -0.39 is 5.60 Å². The normalized spacial score (nSPS) is 20.5. The molecular formula is C30H40BrN5O5S. The summed E-state index contributed by atoms with van der Waals surface area (Å²) < 4.78 is 19.4. The average molecular weight is 663 g/mol. The van der Waals surface area contributed by atoms with Crippen LogP contribution in [0.2, 0.25) is 0 Å². The zero-order valence-corrected chi connectivity index (χ0v) is 27.1. The number of carbonyl (C=O) groups excluding carboxylic acids is 1. The third-order valence-corrected chi connectivity index (χ3v) is 9.01. The van der Waals surface area contributed by atoms with Gasteiger partial charge in [0, 0.05) is 43.8 Å². The summed E-state index contributed by atoms with van der Waals surface area (Å²) in [6.07, 6.45) is 4.15. The largest absolute Gasteiger partial charge is 0.491 e. The van der Waals surface area contributed by atoms with Crippen LogP contribution in [0.3, 0.4) is 0 Å². The van der Waals surface area contributed by atoms with Crippen molar-refractivity contribution in [2.45, 2.75) is 63.7 Å². The standard InChI is InChI=1S/C30H40BrN5O5S/c1-30(2,3)41-29(38)35-11-9-24(10-12-35)40-15-14-39-23-7-5-20(6-8-23)21-17-22(19-34(4)18-21)32-26-25(31)27(37)36-13-16-42-28(36)33-26/h5-8,13,16,21-22,24,32H,9-12,14-15,17-19H2,1-4H3. The zero-order valence-electron chi connectivity index (χ0n) is 24.7. The van der Waals surface area contributed by atoms with Crippen LogP contribution in [0.25, 0.3) is 4.96 Å². The molecule has 2 unspecified atom stereocenters. The van der Waals surface area contributed by atoms with Crippen molar-refractivity contribution in [3.63, 3.8) is 0 Å². The summed E-state index contributed by atoms with van der Waals surface area (Å²) in [6.45, 7) is 9.74. The monoisotopic (exact) mass is 661 g/mol. The van der Waals surface area contributed by atoms with Crippen molar-refractivity contribution >= 4 is 44.1 Å². The van der Waals surface area contributed by atoms with Crippen LogP contribution in [0.4, 0.5) is 10.6 Å². The van der Waals surface area contributed by atoms with Gasteiger partial charge in [0.1, 0.15) is 28.2 Å². The molecule has 0 saturated carbocycles. The van der Waals surface area contributed by atoms with E-state index in [-0.39, 0.29) is 23.8 Å². The number of anilines is 1. The number of ether oxygens (including phenoxy) is 3. The maximum atomic E-state index is 12.7. The molecule has 42 heavy (non-hydrogen) atoms. The number of aromatic nitrogens is 2. The molecular weight excluding hydrogens is 622 g/mol. The molecule has 2 aliphatic heterocycles. The van der Waals surface area contributed by atoms with Crippen LogP contribution in [-0.4, -0.2) is 89.5 Å². The maximum absolute atomic E-state index is 12.7. The SMILES string of the molecule is CN1CC(Nc2nc3sccn3c(=O)c2Br)CC(c2ccc(OCCOC3CCN(C(=O)OC(C)(C)C)CC3)cc2)C1. The first kappa shape index (κ1) is 30.8. The van der Waals surface area contributed by atoms with Gasteiger partial charge in [-0.2, -0.15) is 0 Å². The number of likely N-dealkylation sites (tertiary alicyclic amines) is 2. The number of hydrogen-bond donors (Lipinski definition) is 1. The van der Waals surface area contributed by atoms with Gasteiger partial charge in [0.15, 0.2) is 4.96 Å². The number of nitrogens with one attached hydrogen (secondary N) is 1. The van der Waals surface area contributed by atoms with Crippen molar-refractivity contribution in [2.24, 2.45) is 0 Å². The molecule has 4 heterocycles. The number of thiazole rings is 1. The summed E-state index contributed by atoms with van der Waals surface area (Å²) in [5.41, 5.74) is 0.675. The summed E-state index contributed by atoms with van der Waals surface area (Å²) in [5, 5.41) is 5.39. The fraction of sp³-hybridized carbons (Fsp3) is 0.567. The van der Waals surface area contributed by atoms with E-state index >= 15 is 0 Å². The first-order chi connectivity index (χ1) is 20.1. The number of piperidine rings is 2. The van der Waals surface area contributed by atoms with E-state index in [1.807, 2.05) is 38.3 Å². The van der Waals surface area contributed by atoms with Crippen molar-refractivity contribution in [3.05, 3.63) is 56.2 Å². The quantitative estimate of drug-likeness (QED) is 0.329. The van der Waals surface area contributed by atoms with Crippen LogP contribution in [0, 0.1) is 0 Å². The number of halogens is 1. The Kier molecular flexibility index (Phi) is 9.76. The summed E-state index contributed by atoms with van der Waals surface area (Å²) in [7, 11) is 2.12. The number of carbonyl (C=O) groups is 1. The molecule has 2 fully saturated rings. The van der Waals surface area contributed by atoms with Gasteiger partial charge < -0.3 is 29.3 Å². The highest BCUT2D eigenvalue weighted by Gasteiger charge is 2.29. The van der Waals surface area contributed by atoms with E-state index in [2.05, 4.69) is 50.3 Å². The van der Waals surface area contributed by atoms with E-state index in [1.54, 1.807) is 15.5 Å². The molecule has 0 radical (unpaired) electrons. The molecule has 0 aliphatic carbocycles. The zero-order chi connectivity index (χ0) is 29.9. The van der Waals surface area contributed by atoms with Gasteiger partial charge in [0.2, 0.25) is 0 Å². The molecule has 1 N–H and O–H groups in total. The van der Waals surface area contributed by atoms with Crippen molar-refractivity contribution < 1.29 is 19.0 Å². The van der Waals surface area contributed by atoms with Crippen LogP contribution in [-0.2, 0) is 9.47 Å². The van der Waals surface area contributed by atoms with E-state index in [0.29, 0.717) is 47.5 Å². The molecule has 1 amide bonds. The molecule has 228 valence electrons. The Bertz CT molecular complexity index is 1410. The van der Waals surface area contributed by atoms with Crippen molar-refractivity contribution in [1.29, 1.82) is 0 Å². The summed E-state index contributed by atoms with van der Waals surface area (Å²) in [6, 6.07) is 8.48. The number of fused-ring (bicyclic) bond motifs is 1. The molecule has 1 aromatic carbocycles. The molecule has 2 aliphatic rings. The fourth-order valence-electron chi connectivity index (χ4n) is 5.56. The first-order valence-electron chi connectivity index (χ1n) is 14.5. The average Bonchev–Trinajstić information content (AvgIpc) is 3.42. The number of hydrogen-bond acceptors (Lipinski definition) is 9. The predicted molar refractivity (Wildman–Crippen MR) is 168 cm³/mol. The third kappa shape index (κ3) is 7.83. The molecule has 10 nitrogen and oxygen atoms in total. The van der Waals surface area contributed by atoms with Crippen LogP contribution in [0.1, 0.15) is 51.5 Å². The second-order valence-corrected chi connectivity index (χ2v) is 13.8. The van der Waals surface area contributed by atoms with E-state index in [4.69, 9.17) is 14.2 Å². The number of rotatable bonds is 8. The highest BCUT2D eigenvalue weighted by molar-refractivity contribution is 9.10. The minimum absolute atomic E-state index is 0.103. The van der Waals surface area contributed by atoms with Crippen LogP contribution >= 0.6 is 27.3 Å². The lowest BCUT2D eigenvalue weighted by Gasteiger charge is -2.36.